The number of hydrogen-bond donors (Lipinski definition) is 1. The van der Waals surface area contributed by atoms with Gasteiger partial charge in [0.1, 0.15) is 0 Å². The van der Waals surface area contributed by atoms with Crippen LogP contribution in [0.25, 0.3) is 0 Å². The standard InChI is InChI=1S/C12H16ClN5O2/c1-8-11(13)9(16(2)15-8)7-17-5-3-10(19)18(6-4-14)12(17)20/h3,5H,4,6-7,14H2,1-2H3. The summed E-state index contributed by atoms with van der Waals surface area (Å²) in [5.41, 5.74) is 6.06. The SMILES string of the molecule is Cc1nn(C)c(Cn2ccc(=O)n(CCN)c2=O)c1Cl. The zero-order chi connectivity index (χ0) is 14.9. The first-order valence-corrected chi connectivity index (χ1v) is 6.51. The van der Waals surface area contributed by atoms with Gasteiger partial charge in [0.15, 0.2) is 0 Å². The molecule has 2 aromatic heterocycles. The van der Waals surface area contributed by atoms with Crippen molar-refractivity contribution in [2.45, 2.75) is 20.0 Å². The normalized spacial score (nSPS) is 11.0. The first kappa shape index (κ1) is 14.5. The molecule has 20 heavy (non-hydrogen) atoms. The van der Waals surface area contributed by atoms with Crippen molar-refractivity contribution in [2.24, 2.45) is 12.8 Å². The van der Waals surface area contributed by atoms with Gasteiger partial charge in [-0.15, -0.1) is 0 Å². The van der Waals surface area contributed by atoms with E-state index < -0.39 is 5.69 Å². The third-order valence-electron chi connectivity index (χ3n) is 3.07. The van der Waals surface area contributed by atoms with Crippen LogP contribution in [0.3, 0.4) is 0 Å². The van der Waals surface area contributed by atoms with Gasteiger partial charge in [0.2, 0.25) is 0 Å². The number of nitrogens with zero attached hydrogens (tertiary/aromatic N) is 4. The summed E-state index contributed by atoms with van der Waals surface area (Å²) in [5.74, 6) is 0. The average Bonchev–Trinajstić information content (AvgIpc) is 2.64. The van der Waals surface area contributed by atoms with Gasteiger partial charge in [-0.25, -0.2) is 4.79 Å². The van der Waals surface area contributed by atoms with Crippen LogP contribution in [0.4, 0.5) is 0 Å². The first-order valence-electron chi connectivity index (χ1n) is 6.14. The van der Waals surface area contributed by atoms with Gasteiger partial charge >= 0.3 is 5.69 Å². The molecule has 2 aromatic rings. The Kier molecular flexibility index (Phi) is 4.10. The van der Waals surface area contributed by atoms with Crippen LogP contribution in [-0.4, -0.2) is 25.5 Å². The van der Waals surface area contributed by atoms with Crippen LogP contribution in [0, 0.1) is 6.92 Å². The van der Waals surface area contributed by atoms with Gasteiger partial charge < -0.3 is 5.73 Å². The molecule has 0 aliphatic carbocycles. The number of aromatic nitrogens is 4. The Hall–Kier alpha value is -1.86. The molecule has 7 nitrogen and oxygen atoms in total. The molecule has 108 valence electrons. The van der Waals surface area contributed by atoms with Crippen molar-refractivity contribution < 1.29 is 0 Å². The molecule has 0 radical (unpaired) electrons. The van der Waals surface area contributed by atoms with E-state index in [2.05, 4.69) is 5.10 Å². The minimum atomic E-state index is -0.405. The molecule has 0 aromatic carbocycles. The van der Waals surface area contributed by atoms with E-state index in [1.165, 1.54) is 16.8 Å². The van der Waals surface area contributed by atoms with E-state index in [0.717, 1.165) is 4.57 Å². The lowest BCUT2D eigenvalue weighted by atomic mass is 10.3. The second-order valence-electron chi connectivity index (χ2n) is 4.47. The maximum Gasteiger partial charge on any atom is 0.331 e. The van der Waals surface area contributed by atoms with Crippen LogP contribution < -0.4 is 17.0 Å². The summed E-state index contributed by atoms with van der Waals surface area (Å²) in [6, 6.07) is 1.34. The van der Waals surface area contributed by atoms with Crippen LogP contribution in [0.15, 0.2) is 21.9 Å². The number of rotatable bonds is 4. The van der Waals surface area contributed by atoms with Gasteiger partial charge in [0.05, 0.1) is 23.0 Å². The van der Waals surface area contributed by atoms with Crippen LogP contribution >= 0.6 is 11.6 Å². The second kappa shape index (κ2) is 5.64. The van der Waals surface area contributed by atoms with Crippen LogP contribution in [0.2, 0.25) is 5.02 Å². The quantitative estimate of drug-likeness (QED) is 0.840. The number of nitrogens with two attached hydrogens (primary N) is 1. The van der Waals surface area contributed by atoms with Crippen molar-refractivity contribution in [2.75, 3.05) is 6.54 Å². The summed E-state index contributed by atoms with van der Waals surface area (Å²) in [7, 11) is 1.76. The van der Waals surface area contributed by atoms with E-state index in [4.69, 9.17) is 17.3 Å². The lowest BCUT2D eigenvalue weighted by molar-refractivity contribution is 0.564. The highest BCUT2D eigenvalue weighted by atomic mass is 35.5. The summed E-state index contributed by atoms with van der Waals surface area (Å²) in [6.07, 6.45) is 1.45. The molecule has 0 atom stereocenters. The molecule has 0 aliphatic heterocycles. The number of halogens is 1. The van der Waals surface area contributed by atoms with E-state index in [-0.39, 0.29) is 25.2 Å². The minimum Gasteiger partial charge on any atom is -0.329 e. The van der Waals surface area contributed by atoms with E-state index in [1.807, 2.05) is 0 Å². The Balaban J connectivity index is 2.47. The molecular formula is C12H16ClN5O2. The van der Waals surface area contributed by atoms with Crippen molar-refractivity contribution in [1.29, 1.82) is 0 Å². The molecule has 0 saturated heterocycles. The third kappa shape index (κ3) is 2.54. The first-order chi connectivity index (χ1) is 9.45. The van der Waals surface area contributed by atoms with Crippen molar-refractivity contribution >= 4 is 11.6 Å². The molecule has 0 aliphatic rings. The average molecular weight is 298 g/mol. The van der Waals surface area contributed by atoms with Gasteiger partial charge in [0.25, 0.3) is 5.56 Å². The largest absolute Gasteiger partial charge is 0.331 e. The monoisotopic (exact) mass is 297 g/mol. The molecule has 0 fully saturated rings. The van der Waals surface area contributed by atoms with Gasteiger partial charge in [0, 0.05) is 32.4 Å². The zero-order valence-corrected chi connectivity index (χ0v) is 12.1. The third-order valence-corrected chi connectivity index (χ3v) is 3.57. The highest BCUT2D eigenvalue weighted by Crippen LogP contribution is 2.19. The van der Waals surface area contributed by atoms with Crippen molar-refractivity contribution in [3.05, 3.63) is 49.5 Å². The lowest BCUT2D eigenvalue weighted by Gasteiger charge is -2.09. The molecule has 8 heteroatoms. The summed E-state index contributed by atoms with van der Waals surface area (Å²) in [4.78, 5) is 23.8. The Labute approximate surface area is 120 Å². The molecule has 0 bridgehead atoms. The summed E-state index contributed by atoms with van der Waals surface area (Å²) in [5, 5.41) is 4.72. The fourth-order valence-electron chi connectivity index (χ4n) is 2.03. The smallest absolute Gasteiger partial charge is 0.329 e. The van der Waals surface area contributed by atoms with E-state index >= 15 is 0 Å². The lowest BCUT2D eigenvalue weighted by Crippen LogP contribution is -2.40. The maximum atomic E-state index is 12.2. The molecule has 2 rings (SSSR count). The minimum absolute atomic E-state index is 0.191. The Bertz CT molecular complexity index is 743. The molecule has 0 spiro atoms. The summed E-state index contributed by atoms with van der Waals surface area (Å²) < 4.78 is 4.15. The highest BCUT2D eigenvalue weighted by molar-refractivity contribution is 6.31. The molecule has 2 N–H and O–H groups in total. The number of hydrogen-bond acceptors (Lipinski definition) is 4. The molecule has 2 heterocycles. The summed E-state index contributed by atoms with van der Waals surface area (Å²) in [6.45, 7) is 2.46. The fourth-order valence-corrected chi connectivity index (χ4v) is 2.25. The van der Waals surface area contributed by atoms with Gasteiger partial charge in [-0.1, -0.05) is 11.6 Å². The van der Waals surface area contributed by atoms with E-state index in [9.17, 15) is 9.59 Å². The van der Waals surface area contributed by atoms with Gasteiger partial charge in [-0.2, -0.15) is 5.10 Å². The molecule has 0 saturated carbocycles. The van der Waals surface area contributed by atoms with Crippen LogP contribution in [0.5, 0.6) is 0 Å². The molecule has 0 unspecified atom stereocenters. The summed E-state index contributed by atoms with van der Waals surface area (Å²) >= 11 is 6.16. The zero-order valence-electron chi connectivity index (χ0n) is 11.3. The highest BCUT2D eigenvalue weighted by Gasteiger charge is 2.13. The van der Waals surface area contributed by atoms with Crippen molar-refractivity contribution in [3.63, 3.8) is 0 Å². The predicted molar refractivity (Wildman–Crippen MR) is 76.1 cm³/mol. The van der Waals surface area contributed by atoms with Gasteiger partial charge in [-0.3, -0.25) is 18.6 Å². The maximum absolute atomic E-state index is 12.2. The Morgan fingerprint density at radius 3 is 2.65 bits per heavy atom. The molecular weight excluding hydrogens is 282 g/mol. The van der Waals surface area contributed by atoms with Crippen molar-refractivity contribution in [1.82, 2.24) is 18.9 Å². The van der Waals surface area contributed by atoms with Gasteiger partial charge in [-0.05, 0) is 6.92 Å². The Morgan fingerprint density at radius 1 is 1.40 bits per heavy atom. The van der Waals surface area contributed by atoms with Crippen LogP contribution in [-0.2, 0) is 20.1 Å². The fraction of sp³-hybridized carbons (Fsp3) is 0.417. The van der Waals surface area contributed by atoms with Crippen LogP contribution in [0.1, 0.15) is 11.4 Å². The number of aryl methyl sites for hydroxylation is 2. The topological polar surface area (TPSA) is 87.8 Å². The second-order valence-corrected chi connectivity index (χ2v) is 4.85. The van der Waals surface area contributed by atoms with E-state index in [0.29, 0.717) is 16.4 Å². The Morgan fingerprint density at radius 2 is 2.10 bits per heavy atom. The van der Waals surface area contributed by atoms with E-state index in [1.54, 1.807) is 18.7 Å². The predicted octanol–water partition coefficient (Wildman–Crippen LogP) is -0.288. The van der Waals surface area contributed by atoms with Crippen molar-refractivity contribution in [3.8, 4) is 0 Å². The molecule has 0 amide bonds.